The Bertz CT molecular complexity index is 435. The second kappa shape index (κ2) is 4.90. The van der Waals surface area contributed by atoms with E-state index in [0.29, 0.717) is 0 Å². The standard InChI is InChI=1S/C12H16N4/c1-2-11(13)12-9-16(15-14-12)8-10-6-4-3-5-7-10/h3-7,9,11H,2,8,13H2,1H3. The van der Waals surface area contributed by atoms with Crippen LogP contribution in [-0.2, 0) is 6.54 Å². The van der Waals surface area contributed by atoms with E-state index >= 15 is 0 Å². The molecule has 0 amide bonds. The molecule has 0 aliphatic heterocycles. The summed E-state index contributed by atoms with van der Waals surface area (Å²) in [6.45, 7) is 2.78. The first kappa shape index (κ1) is 10.8. The van der Waals surface area contributed by atoms with Crippen molar-refractivity contribution in [3.8, 4) is 0 Å². The number of rotatable bonds is 4. The third-order valence-corrected chi connectivity index (χ3v) is 2.56. The van der Waals surface area contributed by atoms with Crippen LogP contribution in [-0.4, -0.2) is 15.0 Å². The second-order valence-electron chi connectivity index (χ2n) is 3.84. The molecule has 1 aromatic heterocycles. The van der Waals surface area contributed by atoms with Crippen molar-refractivity contribution in [3.05, 3.63) is 47.8 Å². The molecule has 4 nitrogen and oxygen atoms in total. The fourth-order valence-corrected chi connectivity index (χ4v) is 1.54. The van der Waals surface area contributed by atoms with E-state index in [9.17, 15) is 0 Å². The van der Waals surface area contributed by atoms with Crippen molar-refractivity contribution in [1.29, 1.82) is 0 Å². The normalized spacial score (nSPS) is 12.6. The SMILES string of the molecule is CCC(N)c1cn(Cc2ccccc2)nn1. The summed E-state index contributed by atoms with van der Waals surface area (Å²) < 4.78 is 1.82. The molecule has 2 aromatic rings. The average Bonchev–Trinajstić information content (AvgIpc) is 2.78. The monoisotopic (exact) mass is 216 g/mol. The number of aromatic nitrogens is 3. The first-order chi connectivity index (χ1) is 7.79. The van der Waals surface area contributed by atoms with E-state index in [0.717, 1.165) is 18.7 Å². The molecule has 0 saturated carbocycles. The highest BCUT2D eigenvalue weighted by Crippen LogP contribution is 2.10. The van der Waals surface area contributed by atoms with Crippen LogP contribution < -0.4 is 5.73 Å². The van der Waals surface area contributed by atoms with Gasteiger partial charge in [-0.2, -0.15) is 0 Å². The van der Waals surface area contributed by atoms with Crippen LogP contribution in [0, 0.1) is 0 Å². The van der Waals surface area contributed by atoms with Gasteiger partial charge in [0.05, 0.1) is 24.5 Å². The summed E-state index contributed by atoms with van der Waals surface area (Å²) >= 11 is 0. The van der Waals surface area contributed by atoms with Crippen LogP contribution in [0.25, 0.3) is 0 Å². The highest BCUT2D eigenvalue weighted by atomic mass is 15.4. The summed E-state index contributed by atoms with van der Waals surface area (Å²) in [4.78, 5) is 0. The van der Waals surface area contributed by atoms with Gasteiger partial charge in [-0.3, -0.25) is 0 Å². The first-order valence-electron chi connectivity index (χ1n) is 5.49. The Morgan fingerprint density at radius 1 is 1.31 bits per heavy atom. The predicted molar refractivity (Wildman–Crippen MR) is 62.8 cm³/mol. The largest absolute Gasteiger partial charge is 0.323 e. The van der Waals surface area contributed by atoms with Gasteiger partial charge in [0.25, 0.3) is 0 Å². The maximum Gasteiger partial charge on any atom is 0.0994 e. The third kappa shape index (κ3) is 2.46. The molecule has 84 valence electrons. The Kier molecular flexibility index (Phi) is 3.31. The molecule has 0 fully saturated rings. The minimum Gasteiger partial charge on any atom is -0.323 e. The molecule has 1 heterocycles. The number of hydrogen-bond donors (Lipinski definition) is 1. The van der Waals surface area contributed by atoms with Crippen LogP contribution in [0.3, 0.4) is 0 Å². The molecule has 1 atom stereocenters. The summed E-state index contributed by atoms with van der Waals surface area (Å²) in [6.07, 6.45) is 2.80. The Hall–Kier alpha value is -1.68. The Balaban J connectivity index is 2.09. The van der Waals surface area contributed by atoms with Gasteiger partial charge in [0.1, 0.15) is 0 Å². The van der Waals surface area contributed by atoms with Crippen molar-refractivity contribution in [3.63, 3.8) is 0 Å². The minimum atomic E-state index is -0.00970. The van der Waals surface area contributed by atoms with E-state index in [1.807, 2.05) is 36.0 Å². The number of hydrogen-bond acceptors (Lipinski definition) is 3. The van der Waals surface area contributed by atoms with Crippen LogP contribution in [0.1, 0.15) is 30.6 Å². The first-order valence-corrected chi connectivity index (χ1v) is 5.49. The minimum absolute atomic E-state index is 0.00970. The number of benzene rings is 1. The lowest BCUT2D eigenvalue weighted by Gasteiger charge is -2.02. The summed E-state index contributed by atoms with van der Waals surface area (Å²) in [6, 6.07) is 10.2. The van der Waals surface area contributed by atoms with Gasteiger partial charge in [0.2, 0.25) is 0 Å². The lowest BCUT2D eigenvalue weighted by molar-refractivity contribution is 0.644. The van der Waals surface area contributed by atoms with Crippen molar-refractivity contribution in [2.75, 3.05) is 0 Å². The van der Waals surface area contributed by atoms with Crippen molar-refractivity contribution in [1.82, 2.24) is 15.0 Å². The molecule has 0 radical (unpaired) electrons. The topological polar surface area (TPSA) is 56.7 Å². The highest BCUT2D eigenvalue weighted by Gasteiger charge is 2.07. The summed E-state index contributed by atoms with van der Waals surface area (Å²) in [7, 11) is 0. The van der Waals surface area contributed by atoms with Crippen LogP contribution in [0.4, 0.5) is 0 Å². The van der Waals surface area contributed by atoms with Crippen LogP contribution in [0.15, 0.2) is 36.5 Å². The van der Waals surface area contributed by atoms with Gasteiger partial charge >= 0.3 is 0 Å². The molecule has 0 aliphatic rings. The molecule has 1 unspecified atom stereocenters. The predicted octanol–water partition coefficient (Wildman–Crippen LogP) is 1.74. The smallest absolute Gasteiger partial charge is 0.0994 e. The quantitative estimate of drug-likeness (QED) is 0.846. The Morgan fingerprint density at radius 2 is 2.06 bits per heavy atom. The zero-order chi connectivity index (χ0) is 11.4. The van der Waals surface area contributed by atoms with Gasteiger partial charge in [0, 0.05) is 0 Å². The molecule has 4 heteroatoms. The van der Waals surface area contributed by atoms with E-state index in [1.165, 1.54) is 5.56 Å². The fourth-order valence-electron chi connectivity index (χ4n) is 1.54. The van der Waals surface area contributed by atoms with Gasteiger partial charge in [-0.1, -0.05) is 42.5 Å². The molecule has 0 bridgehead atoms. The fraction of sp³-hybridized carbons (Fsp3) is 0.333. The van der Waals surface area contributed by atoms with E-state index in [1.54, 1.807) is 0 Å². The average molecular weight is 216 g/mol. The molecule has 16 heavy (non-hydrogen) atoms. The van der Waals surface area contributed by atoms with Crippen LogP contribution in [0.2, 0.25) is 0 Å². The molecule has 0 spiro atoms. The van der Waals surface area contributed by atoms with E-state index < -0.39 is 0 Å². The molecular formula is C12H16N4. The van der Waals surface area contributed by atoms with Gasteiger partial charge in [0.15, 0.2) is 0 Å². The maximum atomic E-state index is 5.89. The lowest BCUT2D eigenvalue weighted by atomic mass is 10.2. The van der Waals surface area contributed by atoms with Gasteiger partial charge < -0.3 is 5.73 Å². The molecule has 2 rings (SSSR count). The Labute approximate surface area is 95.1 Å². The molecule has 0 saturated heterocycles. The maximum absolute atomic E-state index is 5.89. The third-order valence-electron chi connectivity index (χ3n) is 2.56. The molecule has 0 aliphatic carbocycles. The second-order valence-corrected chi connectivity index (χ2v) is 3.84. The van der Waals surface area contributed by atoms with E-state index in [-0.39, 0.29) is 6.04 Å². The highest BCUT2D eigenvalue weighted by molar-refractivity contribution is 5.15. The van der Waals surface area contributed by atoms with E-state index in [2.05, 4.69) is 22.4 Å². The molecular weight excluding hydrogens is 200 g/mol. The number of nitrogens with two attached hydrogens (primary N) is 1. The van der Waals surface area contributed by atoms with Crippen molar-refractivity contribution < 1.29 is 0 Å². The van der Waals surface area contributed by atoms with Gasteiger partial charge in [-0.05, 0) is 12.0 Å². The lowest BCUT2D eigenvalue weighted by Crippen LogP contribution is -2.08. The zero-order valence-electron chi connectivity index (χ0n) is 9.37. The summed E-state index contributed by atoms with van der Waals surface area (Å²) in [5, 5.41) is 8.14. The Morgan fingerprint density at radius 3 is 2.75 bits per heavy atom. The van der Waals surface area contributed by atoms with Crippen LogP contribution in [0.5, 0.6) is 0 Å². The van der Waals surface area contributed by atoms with Crippen molar-refractivity contribution in [2.45, 2.75) is 25.9 Å². The van der Waals surface area contributed by atoms with Crippen molar-refractivity contribution in [2.24, 2.45) is 5.73 Å². The summed E-state index contributed by atoms with van der Waals surface area (Å²) in [5.74, 6) is 0. The molecule has 1 aromatic carbocycles. The summed E-state index contributed by atoms with van der Waals surface area (Å²) in [5.41, 5.74) is 7.96. The number of nitrogens with zero attached hydrogens (tertiary/aromatic N) is 3. The van der Waals surface area contributed by atoms with E-state index in [4.69, 9.17) is 5.73 Å². The van der Waals surface area contributed by atoms with Crippen molar-refractivity contribution >= 4 is 0 Å². The van der Waals surface area contributed by atoms with Gasteiger partial charge in [-0.25, -0.2) is 4.68 Å². The zero-order valence-corrected chi connectivity index (χ0v) is 9.37. The molecule has 2 N–H and O–H groups in total. The van der Waals surface area contributed by atoms with Crippen LogP contribution >= 0.6 is 0 Å². The van der Waals surface area contributed by atoms with Gasteiger partial charge in [-0.15, -0.1) is 5.10 Å².